The number of rotatable bonds is 6. The van der Waals surface area contributed by atoms with E-state index in [4.69, 9.17) is 0 Å². The molecule has 2 heterocycles. The summed E-state index contributed by atoms with van der Waals surface area (Å²) in [7, 11) is 1.92. The van der Waals surface area contributed by atoms with Gasteiger partial charge in [-0.15, -0.1) is 21.5 Å². The second-order valence-electron chi connectivity index (χ2n) is 6.81. The van der Waals surface area contributed by atoms with Crippen molar-refractivity contribution in [3.8, 4) is 22.6 Å². The van der Waals surface area contributed by atoms with Gasteiger partial charge in [0.25, 0.3) is 0 Å². The molecule has 0 aliphatic rings. The largest absolute Gasteiger partial charge is 0.305 e. The number of benzene rings is 2. The zero-order valence-electron chi connectivity index (χ0n) is 16.9. The molecule has 0 saturated heterocycles. The highest BCUT2D eigenvalue weighted by atomic mass is 32.2. The lowest BCUT2D eigenvalue weighted by molar-refractivity contribution is -0.113. The Labute approximate surface area is 183 Å². The highest BCUT2D eigenvalue weighted by Crippen LogP contribution is 2.30. The van der Waals surface area contributed by atoms with Gasteiger partial charge in [-0.3, -0.25) is 4.79 Å². The highest BCUT2D eigenvalue weighted by Gasteiger charge is 2.16. The van der Waals surface area contributed by atoms with E-state index < -0.39 is 0 Å². The SMILES string of the molecule is Cc1ccccc1-c1nnc(SCC(=O)Nc2nc(-c3ccccc3)c(C)s2)n1C. The summed E-state index contributed by atoms with van der Waals surface area (Å²) in [4.78, 5) is 18.1. The molecule has 152 valence electrons. The number of aryl methyl sites for hydroxylation is 2. The number of hydrogen-bond donors (Lipinski definition) is 1. The molecule has 6 nitrogen and oxygen atoms in total. The first kappa shape index (κ1) is 20.3. The molecule has 0 unspecified atom stereocenters. The maximum atomic E-state index is 12.5. The second kappa shape index (κ2) is 8.81. The van der Waals surface area contributed by atoms with E-state index in [1.54, 1.807) is 0 Å². The van der Waals surface area contributed by atoms with E-state index >= 15 is 0 Å². The van der Waals surface area contributed by atoms with Crippen molar-refractivity contribution in [1.82, 2.24) is 19.7 Å². The number of hydrogen-bond acceptors (Lipinski definition) is 6. The molecule has 0 saturated carbocycles. The first-order chi connectivity index (χ1) is 14.5. The van der Waals surface area contributed by atoms with Crippen LogP contribution >= 0.6 is 23.1 Å². The van der Waals surface area contributed by atoms with Crippen LogP contribution < -0.4 is 5.32 Å². The maximum Gasteiger partial charge on any atom is 0.236 e. The number of nitrogens with one attached hydrogen (secondary N) is 1. The van der Waals surface area contributed by atoms with E-state index in [0.29, 0.717) is 10.3 Å². The normalized spacial score (nSPS) is 10.9. The Kier molecular flexibility index (Phi) is 5.96. The standard InChI is InChI=1S/C22H21N5OS2/c1-14-9-7-8-12-17(14)20-25-26-22(27(20)3)29-13-18(28)23-21-24-19(15(2)30-21)16-10-5-4-6-11-16/h4-12H,13H2,1-3H3,(H,23,24,28). The maximum absolute atomic E-state index is 12.5. The smallest absolute Gasteiger partial charge is 0.236 e. The molecule has 0 bridgehead atoms. The van der Waals surface area contributed by atoms with E-state index in [-0.39, 0.29) is 11.7 Å². The molecule has 1 amide bonds. The summed E-state index contributed by atoms with van der Waals surface area (Å²) in [5, 5.41) is 12.8. The topological polar surface area (TPSA) is 72.7 Å². The molecule has 0 aliphatic heterocycles. The average molecular weight is 436 g/mol. The van der Waals surface area contributed by atoms with Crippen LogP contribution in [0.4, 0.5) is 5.13 Å². The lowest BCUT2D eigenvalue weighted by atomic mass is 10.1. The lowest BCUT2D eigenvalue weighted by Crippen LogP contribution is -2.14. The number of aromatic nitrogens is 4. The van der Waals surface area contributed by atoms with Crippen LogP contribution in [0.25, 0.3) is 22.6 Å². The first-order valence-corrected chi connectivity index (χ1v) is 11.2. The minimum absolute atomic E-state index is 0.117. The van der Waals surface area contributed by atoms with Gasteiger partial charge < -0.3 is 9.88 Å². The Bertz CT molecular complexity index is 1180. The molecule has 0 spiro atoms. The van der Waals surface area contributed by atoms with Crippen molar-refractivity contribution >= 4 is 34.1 Å². The van der Waals surface area contributed by atoms with Crippen LogP contribution in [-0.4, -0.2) is 31.4 Å². The molecule has 30 heavy (non-hydrogen) atoms. The number of amides is 1. The van der Waals surface area contributed by atoms with E-state index in [9.17, 15) is 4.79 Å². The third-order valence-electron chi connectivity index (χ3n) is 4.64. The van der Waals surface area contributed by atoms with Gasteiger partial charge in [0.2, 0.25) is 5.91 Å². The summed E-state index contributed by atoms with van der Waals surface area (Å²) < 4.78 is 1.92. The number of carbonyl (C=O) groups excluding carboxylic acids is 1. The Balaban J connectivity index is 1.41. The predicted octanol–water partition coefficient (Wildman–Crippen LogP) is 4.95. The van der Waals surface area contributed by atoms with Crippen molar-refractivity contribution in [2.45, 2.75) is 19.0 Å². The summed E-state index contributed by atoms with van der Waals surface area (Å²) in [6, 6.07) is 18.0. The van der Waals surface area contributed by atoms with Crippen LogP contribution in [0, 0.1) is 13.8 Å². The second-order valence-corrected chi connectivity index (χ2v) is 8.95. The predicted molar refractivity (Wildman–Crippen MR) is 123 cm³/mol. The van der Waals surface area contributed by atoms with Gasteiger partial charge in [0, 0.05) is 23.1 Å². The summed E-state index contributed by atoms with van der Waals surface area (Å²) in [6.45, 7) is 4.06. The Morgan fingerprint density at radius 2 is 1.80 bits per heavy atom. The van der Waals surface area contributed by atoms with E-state index in [0.717, 1.165) is 33.1 Å². The summed E-state index contributed by atoms with van der Waals surface area (Å²) in [5.74, 6) is 0.909. The highest BCUT2D eigenvalue weighted by molar-refractivity contribution is 7.99. The van der Waals surface area contributed by atoms with Crippen LogP contribution in [0.3, 0.4) is 0 Å². The Morgan fingerprint density at radius 1 is 1.07 bits per heavy atom. The Morgan fingerprint density at radius 3 is 2.57 bits per heavy atom. The fourth-order valence-electron chi connectivity index (χ4n) is 3.10. The average Bonchev–Trinajstić information content (AvgIpc) is 3.29. The molecule has 1 N–H and O–H groups in total. The van der Waals surface area contributed by atoms with Gasteiger partial charge in [0.1, 0.15) is 0 Å². The van der Waals surface area contributed by atoms with E-state index in [1.807, 2.05) is 80.1 Å². The van der Waals surface area contributed by atoms with E-state index in [1.165, 1.54) is 23.1 Å². The third-order valence-corrected chi connectivity index (χ3v) is 6.55. The quantitative estimate of drug-likeness (QED) is 0.434. The van der Waals surface area contributed by atoms with Crippen molar-refractivity contribution in [2.75, 3.05) is 11.1 Å². The lowest BCUT2D eigenvalue weighted by Gasteiger charge is -2.06. The zero-order valence-corrected chi connectivity index (χ0v) is 18.5. The van der Waals surface area contributed by atoms with Crippen molar-refractivity contribution in [1.29, 1.82) is 0 Å². The molecule has 8 heteroatoms. The molecular formula is C22H21N5OS2. The van der Waals surface area contributed by atoms with Crippen molar-refractivity contribution in [3.63, 3.8) is 0 Å². The molecule has 0 aliphatic carbocycles. The van der Waals surface area contributed by atoms with Gasteiger partial charge >= 0.3 is 0 Å². The summed E-state index contributed by atoms with van der Waals surface area (Å²) >= 11 is 2.84. The first-order valence-electron chi connectivity index (χ1n) is 9.44. The number of carbonyl (C=O) groups is 1. The molecule has 2 aromatic carbocycles. The summed E-state index contributed by atoms with van der Waals surface area (Å²) in [6.07, 6.45) is 0. The molecule has 2 aromatic heterocycles. The van der Waals surface area contributed by atoms with Crippen molar-refractivity contribution in [3.05, 3.63) is 65.0 Å². The van der Waals surface area contributed by atoms with Crippen LogP contribution in [-0.2, 0) is 11.8 Å². The van der Waals surface area contributed by atoms with Gasteiger partial charge in [0.15, 0.2) is 16.1 Å². The zero-order chi connectivity index (χ0) is 21.1. The van der Waals surface area contributed by atoms with Crippen LogP contribution in [0.5, 0.6) is 0 Å². The fraction of sp³-hybridized carbons (Fsp3) is 0.182. The minimum Gasteiger partial charge on any atom is -0.305 e. The van der Waals surface area contributed by atoms with Crippen molar-refractivity contribution in [2.24, 2.45) is 7.05 Å². The molecule has 0 atom stereocenters. The fourth-order valence-corrected chi connectivity index (χ4v) is 4.66. The molecule has 4 aromatic rings. The number of anilines is 1. The van der Waals surface area contributed by atoms with E-state index in [2.05, 4.69) is 20.5 Å². The number of thioether (sulfide) groups is 1. The molecule has 4 rings (SSSR count). The van der Waals surface area contributed by atoms with Gasteiger partial charge in [-0.1, -0.05) is 66.4 Å². The Hall–Kier alpha value is -2.97. The van der Waals surface area contributed by atoms with Crippen LogP contribution in [0.1, 0.15) is 10.4 Å². The number of nitrogens with zero attached hydrogens (tertiary/aromatic N) is 4. The van der Waals surface area contributed by atoms with Gasteiger partial charge in [-0.2, -0.15) is 0 Å². The van der Waals surface area contributed by atoms with Gasteiger partial charge in [-0.25, -0.2) is 4.98 Å². The van der Waals surface area contributed by atoms with Crippen molar-refractivity contribution < 1.29 is 4.79 Å². The molecular weight excluding hydrogens is 414 g/mol. The van der Waals surface area contributed by atoms with Crippen LogP contribution in [0.2, 0.25) is 0 Å². The summed E-state index contributed by atoms with van der Waals surface area (Å²) in [5.41, 5.74) is 4.12. The molecule has 0 fully saturated rings. The third kappa shape index (κ3) is 4.29. The van der Waals surface area contributed by atoms with Gasteiger partial charge in [-0.05, 0) is 19.4 Å². The minimum atomic E-state index is -0.117. The molecule has 0 radical (unpaired) electrons. The van der Waals surface area contributed by atoms with Gasteiger partial charge in [0.05, 0.1) is 11.4 Å². The monoisotopic (exact) mass is 435 g/mol. The number of thiazole rings is 1. The van der Waals surface area contributed by atoms with Crippen LogP contribution in [0.15, 0.2) is 59.8 Å².